The van der Waals surface area contributed by atoms with Crippen LogP contribution in [0.3, 0.4) is 0 Å². The summed E-state index contributed by atoms with van der Waals surface area (Å²) in [6.07, 6.45) is 2.62. The number of nitrogens with zero attached hydrogens (tertiary/aromatic N) is 2. The van der Waals surface area contributed by atoms with Gasteiger partial charge in [0.05, 0.1) is 6.07 Å². The van der Waals surface area contributed by atoms with Crippen LogP contribution in [0.15, 0.2) is 24.3 Å². The molecule has 1 aliphatic rings. The van der Waals surface area contributed by atoms with Crippen molar-refractivity contribution in [2.45, 2.75) is 33.1 Å². The maximum absolute atomic E-state index is 12.4. The zero-order valence-electron chi connectivity index (χ0n) is 12.3. The molecule has 1 heterocycles. The zero-order valence-corrected chi connectivity index (χ0v) is 12.3. The number of likely N-dealkylation sites (tertiary alicyclic amines) is 1. The minimum atomic E-state index is -0.550. The molecule has 0 saturated carbocycles. The molecule has 106 valence electrons. The lowest BCUT2D eigenvalue weighted by molar-refractivity contribution is -0.135. The molecular weight excluding hydrogens is 248 g/mol. The molecule has 0 spiro atoms. The molecule has 1 amide bonds. The highest BCUT2D eigenvalue weighted by molar-refractivity contribution is 5.81. The van der Waals surface area contributed by atoms with Gasteiger partial charge >= 0.3 is 0 Å². The van der Waals surface area contributed by atoms with E-state index in [0.29, 0.717) is 12.3 Å². The molecule has 1 aliphatic heterocycles. The summed E-state index contributed by atoms with van der Waals surface area (Å²) in [5.74, 6) is 0.141. The smallest absolute Gasteiger partial charge is 0.240 e. The first-order valence-corrected chi connectivity index (χ1v) is 7.34. The molecule has 1 unspecified atom stereocenters. The zero-order chi connectivity index (χ0) is 14.5. The largest absolute Gasteiger partial charge is 0.342 e. The number of aryl methyl sites for hydroxylation is 1. The highest BCUT2D eigenvalue weighted by Gasteiger charge is 2.27. The summed E-state index contributed by atoms with van der Waals surface area (Å²) in [6.45, 7) is 5.85. The lowest BCUT2D eigenvalue weighted by Crippen LogP contribution is -2.41. The van der Waals surface area contributed by atoms with Crippen LogP contribution in [-0.2, 0) is 11.2 Å². The van der Waals surface area contributed by atoms with Crippen LogP contribution in [0.4, 0.5) is 0 Å². The second-order valence-electron chi connectivity index (χ2n) is 5.88. The summed E-state index contributed by atoms with van der Waals surface area (Å²) in [4.78, 5) is 14.3. The first kappa shape index (κ1) is 14.6. The van der Waals surface area contributed by atoms with Crippen LogP contribution in [0.1, 0.15) is 30.9 Å². The van der Waals surface area contributed by atoms with E-state index in [1.54, 1.807) is 0 Å². The number of rotatable bonds is 3. The lowest BCUT2D eigenvalue weighted by atomic mass is 9.95. The number of hydrogen-bond acceptors (Lipinski definition) is 2. The van der Waals surface area contributed by atoms with Crippen LogP contribution in [0.5, 0.6) is 0 Å². The van der Waals surface area contributed by atoms with Crippen LogP contribution < -0.4 is 0 Å². The van der Waals surface area contributed by atoms with Crippen molar-refractivity contribution in [1.29, 1.82) is 5.26 Å². The highest BCUT2D eigenvalue weighted by atomic mass is 16.2. The number of benzene rings is 1. The fourth-order valence-corrected chi connectivity index (χ4v) is 2.60. The monoisotopic (exact) mass is 270 g/mol. The Kier molecular flexibility index (Phi) is 4.79. The van der Waals surface area contributed by atoms with Gasteiger partial charge in [0.2, 0.25) is 5.91 Å². The number of carbonyl (C=O) groups is 1. The lowest BCUT2D eigenvalue weighted by Gasteiger charge is -2.31. The summed E-state index contributed by atoms with van der Waals surface area (Å²) in [5, 5.41) is 9.30. The number of amides is 1. The average molecular weight is 270 g/mol. The van der Waals surface area contributed by atoms with Crippen molar-refractivity contribution in [3.63, 3.8) is 0 Å². The summed E-state index contributed by atoms with van der Waals surface area (Å²) in [6, 6.07) is 10.2. The number of piperidine rings is 1. The van der Waals surface area contributed by atoms with Crippen LogP contribution in [0, 0.1) is 30.1 Å². The minimum Gasteiger partial charge on any atom is -0.342 e. The third-order valence-corrected chi connectivity index (χ3v) is 4.11. The molecule has 1 fully saturated rings. The predicted molar refractivity (Wildman–Crippen MR) is 79.0 cm³/mol. The quantitative estimate of drug-likeness (QED) is 0.847. The first-order chi connectivity index (χ1) is 9.60. The van der Waals surface area contributed by atoms with Gasteiger partial charge in [-0.25, -0.2) is 0 Å². The Morgan fingerprint density at radius 2 is 1.95 bits per heavy atom. The van der Waals surface area contributed by atoms with Gasteiger partial charge in [-0.15, -0.1) is 0 Å². The Morgan fingerprint density at radius 3 is 2.50 bits per heavy atom. The van der Waals surface area contributed by atoms with E-state index >= 15 is 0 Å². The summed E-state index contributed by atoms with van der Waals surface area (Å²) >= 11 is 0. The molecule has 0 bridgehead atoms. The molecule has 1 saturated heterocycles. The second kappa shape index (κ2) is 6.56. The molecule has 3 heteroatoms. The van der Waals surface area contributed by atoms with Gasteiger partial charge in [0, 0.05) is 13.1 Å². The molecule has 1 aromatic rings. The van der Waals surface area contributed by atoms with Gasteiger partial charge in [-0.05, 0) is 37.7 Å². The summed E-state index contributed by atoms with van der Waals surface area (Å²) < 4.78 is 0. The van der Waals surface area contributed by atoms with Gasteiger partial charge in [0.25, 0.3) is 0 Å². The van der Waals surface area contributed by atoms with E-state index in [1.807, 2.05) is 36.1 Å². The van der Waals surface area contributed by atoms with E-state index in [2.05, 4.69) is 13.0 Å². The average Bonchev–Trinajstić information content (AvgIpc) is 2.47. The summed E-state index contributed by atoms with van der Waals surface area (Å²) in [7, 11) is 0. The Morgan fingerprint density at radius 1 is 1.35 bits per heavy atom. The molecule has 0 N–H and O–H groups in total. The first-order valence-electron chi connectivity index (χ1n) is 7.34. The van der Waals surface area contributed by atoms with Gasteiger partial charge < -0.3 is 4.90 Å². The van der Waals surface area contributed by atoms with Crippen molar-refractivity contribution in [1.82, 2.24) is 4.90 Å². The number of carbonyl (C=O) groups excluding carboxylic acids is 1. The maximum Gasteiger partial charge on any atom is 0.240 e. The molecule has 1 aromatic carbocycles. The third-order valence-electron chi connectivity index (χ3n) is 4.11. The van der Waals surface area contributed by atoms with Crippen LogP contribution in [0.25, 0.3) is 0 Å². The van der Waals surface area contributed by atoms with Crippen molar-refractivity contribution in [3.05, 3.63) is 35.4 Å². The van der Waals surface area contributed by atoms with Crippen molar-refractivity contribution in [2.24, 2.45) is 11.8 Å². The fraction of sp³-hybridized carbons (Fsp3) is 0.529. The second-order valence-corrected chi connectivity index (χ2v) is 5.88. The van der Waals surface area contributed by atoms with E-state index < -0.39 is 5.92 Å². The normalized spacial score (nSPS) is 17.6. The van der Waals surface area contributed by atoms with E-state index in [-0.39, 0.29) is 5.91 Å². The van der Waals surface area contributed by atoms with Crippen LogP contribution in [0.2, 0.25) is 0 Å². The minimum absolute atomic E-state index is 0.0000231. The van der Waals surface area contributed by atoms with Gasteiger partial charge in [-0.1, -0.05) is 36.8 Å². The van der Waals surface area contributed by atoms with Crippen molar-refractivity contribution in [3.8, 4) is 6.07 Å². The van der Waals surface area contributed by atoms with Crippen molar-refractivity contribution in [2.75, 3.05) is 13.1 Å². The standard InChI is InChI=1S/C17H22N2O/c1-13-3-5-15(6-4-13)11-16(12-18)17(20)19-9-7-14(2)8-10-19/h3-6,14,16H,7-11H2,1-2H3. The van der Waals surface area contributed by atoms with Gasteiger partial charge in [0.15, 0.2) is 0 Å². The SMILES string of the molecule is Cc1ccc(CC(C#N)C(=O)N2CCC(C)CC2)cc1. The van der Waals surface area contributed by atoms with Crippen LogP contribution >= 0.6 is 0 Å². The Balaban J connectivity index is 1.99. The van der Waals surface area contributed by atoms with Gasteiger partial charge in [-0.2, -0.15) is 5.26 Å². The van der Waals surface area contributed by atoms with Gasteiger partial charge in [0.1, 0.15) is 5.92 Å². The maximum atomic E-state index is 12.4. The third kappa shape index (κ3) is 3.60. The molecule has 0 aromatic heterocycles. The highest BCUT2D eigenvalue weighted by Crippen LogP contribution is 2.19. The van der Waals surface area contributed by atoms with Crippen molar-refractivity contribution < 1.29 is 4.79 Å². The molecule has 2 rings (SSSR count). The van der Waals surface area contributed by atoms with E-state index in [1.165, 1.54) is 5.56 Å². The van der Waals surface area contributed by atoms with E-state index in [4.69, 9.17) is 0 Å². The molecular formula is C17H22N2O. The topological polar surface area (TPSA) is 44.1 Å². The van der Waals surface area contributed by atoms with E-state index in [9.17, 15) is 10.1 Å². The molecule has 20 heavy (non-hydrogen) atoms. The molecule has 3 nitrogen and oxygen atoms in total. The molecule has 1 atom stereocenters. The van der Waals surface area contributed by atoms with Crippen LogP contribution in [-0.4, -0.2) is 23.9 Å². The molecule has 0 radical (unpaired) electrons. The molecule has 0 aliphatic carbocycles. The number of hydrogen-bond donors (Lipinski definition) is 0. The van der Waals surface area contributed by atoms with Gasteiger partial charge in [-0.3, -0.25) is 4.79 Å². The van der Waals surface area contributed by atoms with Crippen molar-refractivity contribution >= 4 is 5.91 Å². The Bertz CT molecular complexity index is 493. The number of nitriles is 1. The predicted octanol–water partition coefficient (Wildman–Crippen LogP) is 2.94. The Labute approximate surface area is 121 Å². The fourth-order valence-electron chi connectivity index (χ4n) is 2.60. The van der Waals surface area contributed by atoms with E-state index in [0.717, 1.165) is 31.5 Å². The Hall–Kier alpha value is -1.82. The summed E-state index contributed by atoms with van der Waals surface area (Å²) in [5.41, 5.74) is 2.25.